The highest BCUT2D eigenvalue weighted by Crippen LogP contribution is 2.26. The van der Waals surface area contributed by atoms with E-state index in [9.17, 15) is 4.79 Å². The molecule has 0 unspecified atom stereocenters. The van der Waals surface area contributed by atoms with E-state index < -0.39 is 0 Å². The monoisotopic (exact) mass is 344 g/mol. The van der Waals surface area contributed by atoms with E-state index in [4.69, 9.17) is 9.26 Å². The summed E-state index contributed by atoms with van der Waals surface area (Å²) in [5.41, 5.74) is 1.91. The van der Waals surface area contributed by atoms with E-state index in [1.807, 2.05) is 32.9 Å². The second kappa shape index (κ2) is 7.21. The zero-order valence-electron chi connectivity index (χ0n) is 15.2. The van der Waals surface area contributed by atoms with Gasteiger partial charge in [-0.25, -0.2) is 4.79 Å². The summed E-state index contributed by atoms with van der Waals surface area (Å²) in [7, 11) is 0. The summed E-state index contributed by atoms with van der Waals surface area (Å²) in [4.78, 5) is 14.7. The number of hydrogen-bond donors (Lipinski definition) is 0. The maximum Gasteiger partial charge on any atom is 0.343 e. The van der Waals surface area contributed by atoms with Crippen LogP contribution in [0.3, 0.4) is 0 Å². The zero-order valence-corrected chi connectivity index (χ0v) is 15.2. The summed E-state index contributed by atoms with van der Waals surface area (Å²) >= 11 is 0. The van der Waals surface area contributed by atoms with E-state index in [-0.39, 0.29) is 17.9 Å². The van der Waals surface area contributed by atoms with Gasteiger partial charge in [0, 0.05) is 12.5 Å². The molecule has 0 spiro atoms. The van der Waals surface area contributed by atoms with Crippen LogP contribution < -0.4 is 4.90 Å². The van der Waals surface area contributed by atoms with Crippen molar-refractivity contribution in [3.05, 3.63) is 34.8 Å². The van der Waals surface area contributed by atoms with Gasteiger partial charge in [0.05, 0.1) is 17.4 Å². The fraction of sp³-hybridized carbons (Fsp3) is 0.556. The lowest BCUT2D eigenvalue weighted by atomic mass is 10.1. The number of anilines is 1. The van der Waals surface area contributed by atoms with E-state index in [2.05, 4.69) is 20.3 Å². The van der Waals surface area contributed by atoms with Gasteiger partial charge in [-0.15, -0.1) is 5.10 Å². The third-order valence-corrected chi connectivity index (χ3v) is 4.48. The fourth-order valence-corrected chi connectivity index (χ4v) is 3.13. The van der Waals surface area contributed by atoms with Gasteiger partial charge in [0.1, 0.15) is 12.2 Å². The van der Waals surface area contributed by atoms with Crippen LogP contribution >= 0.6 is 0 Å². The lowest BCUT2D eigenvalue weighted by Gasteiger charge is -2.24. The van der Waals surface area contributed by atoms with Gasteiger partial charge in [-0.05, 0) is 38.8 Å². The van der Waals surface area contributed by atoms with Crippen molar-refractivity contribution < 1.29 is 14.1 Å². The van der Waals surface area contributed by atoms with E-state index in [0.717, 1.165) is 30.9 Å². The molecule has 0 aliphatic carbocycles. The Morgan fingerprint density at radius 1 is 1.36 bits per heavy atom. The normalized spacial score (nSPS) is 17.3. The van der Waals surface area contributed by atoms with Gasteiger partial charge in [-0.3, -0.25) is 0 Å². The molecule has 3 heterocycles. The van der Waals surface area contributed by atoms with Crippen LogP contribution in [0, 0.1) is 13.8 Å². The number of carbonyl (C=O) groups is 1. The second-order valence-corrected chi connectivity index (χ2v) is 6.78. The molecule has 0 radical (unpaired) electrons. The summed E-state index contributed by atoms with van der Waals surface area (Å²) < 4.78 is 10.9. The number of ether oxygens (including phenoxy) is 1. The number of esters is 1. The number of rotatable bonds is 5. The molecule has 1 fully saturated rings. The summed E-state index contributed by atoms with van der Waals surface area (Å²) in [5.74, 6) is 1.11. The van der Waals surface area contributed by atoms with Crippen LogP contribution in [0.5, 0.6) is 0 Å². The number of nitrogens with zero attached hydrogens (tertiary/aromatic N) is 4. The molecule has 1 aliphatic rings. The highest BCUT2D eigenvalue weighted by molar-refractivity contribution is 5.91. The summed E-state index contributed by atoms with van der Waals surface area (Å²) in [6.07, 6.45) is 2.00. The SMILES string of the molecule is Cc1ccc(N2CCC[C@H]2COC(=O)c2c(C)noc2C(C)C)nn1. The maximum absolute atomic E-state index is 12.5. The smallest absolute Gasteiger partial charge is 0.343 e. The van der Waals surface area contributed by atoms with E-state index in [0.29, 0.717) is 23.6 Å². The molecule has 134 valence electrons. The molecule has 3 rings (SSSR count). The molecule has 0 aromatic carbocycles. The number of hydrogen-bond acceptors (Lipinski definition) is 7. The largest absolute Gasteiger partial charge is 0.460 e. The Morgan fingerprint density at radius 3 is 2.84 bits per heavy atom. The zero-order chi connectivity index (χ0) is 18.0. The first-order chi connectivity index (χ1) is 12.0. The van der Waals surface area contributed by atoms with Crippen molar-refractivity contribution in [1.29, 1.82) is 0 Å². The van der Waals surface area contributed by atoms with Crippen LogP contribution in [0.2, 0.25) is 0 Å². The molecule has 0 amide bonds. The molecule has 0 saturated carbocycles. The van der Waals surface area contributed by atoms with Crippen LogP contribution in [0.15, 0.2) is 16.7 Å². The quantitative estimate of drug-likeness (QED) is 0.771. The molecule has 1 saturated heterocycles. The topological polar surface area (TPSA) is 81.4 Å². The Bertz CT molecular complexity index is 739. The van der Waals surface area contributed by atoms with Crippen molar-refractivity contribution in [1.82, 2.24) is 15.4 Å². The number of carbonyl (C=O) groups excluding carboxylic acids is 1. The summed E-state index contributed by atoms with van der Waals surface area (Å²) in [5, 5.41) is 12.3. The lowest BCUT2D eigenvalue weighted by molar-refractivity contribution is 0.0478. The Hall–Kier alpha value is -2.44. The van der Waals surface area contributed by atoms with E-state index in [1.54, 1.807) is 6.92 Å². The van der Waals surface area contributed by atoms with Gasteiger partial charge < -0.3 is 14.2 Å². The van der Waals surface area contributed by atoms with Gasteiger partial charge in [-0.1, -0.05) is 19.0 Å². The van der Waals surface area contributed by atoms with Gasteiger partial charge in [0.25, 0.3) is 0 Å². The highest BCUT2D eigenvalue weighted by Gasteiger charge is 2.29. The Labute approximate surface area is 147 Å². The van der Waals surface area contributed by atoms with Gasteiger partial charge >= 0.3 is 5.97 Å². The molecular weight excluding hydrogens is 320 g/mol. The Kier molecular flexibility index (Phi) is 5.01. The molecule has 1 aliphatic heterocycles. The van der Waals surface area contributed by atoms with Crippen molar-refractivity contribution >= 4 is 11.8 Å². The Morgan fingerprint density at radius 2 is 2.16 bits per heavy atom. The van der Waals surface area contributed by atoms with Gasteiger partial charge in [0.2, 0.25) is 0 Å². The Balaban J connectivity index is 1.67. The fourth-order valence-electron chi connectivity index (χ4n) is 3.13. The van der Waals surface area contributed by atoms with Crippen LogP contribution in [0.1, 0.15) is 60.1 Å². The third kappa shape index (κ3) is 3.65. The minimum atomic E-state index is -0.371. The molecule has 2 aromatic rings. The van der Waals surface area contributed by atoms with Crippen LogP contribution in [-0.2, 0) is 4.74 Å². The van der Waals surface area contributed by atoms with Crippen LogP contribution in [-0.4, -0.2) is 40.5 Å². The van der Waals surface area contributed by atoms with Crippen molar-refractivity contribution in [3.63, 3.8) is 0 Å². The van der Waals surface area contributed by atoms with Crippen molar-refractivity contribution in [3.8, 4) is 0 Å². The average molecular weight is 344 g/mol. The maximum atomic E-state index is 12.5. The molecule has 2 aromatic heterocycles. The first-order valence-electron chi connectivity index (χ1n) is 8.67. The average Bonchev–Trinajstić information content (AvgIpc) is 3.20. The minimum Gasteiger partial charge on any atom is -0.460 e. The number of aromatic nitrogens is 3. The highest BCUT2D eigenvalue weighted by atomic mass is 16.5. The predicted octanol–water partition coefficient (Wildman–Crippen LogP) is 3.03. The summed E-state index contributed by atoms with van der Waals surface area (Å²) in [6.45, 7) is 8.81. The molecule has 0 N–H and O–H groups in total. The molecule has 0 bridgehead atoms. The van der Waals surface area contributed by atoms with Crippen molar-refractivity contribution in [2.45, 2.75) is 52.5 Å². The molecular formula is C18H24N4O3. The second-order valence-electron chi connectivity index (χ2n) is 6.78. The predicted molar refractivity (Wildman–Crippen MR) is 92.7 cm³/mol. The molecule has 7 heteroatoms. The number of aryl methyl sites for hydroxylation is 2. The first kappa shape index (κ1) is 17.4. The summed E-state index contributed by atoms with van der Waals surface area (Å²) in [6, 6.07) is 4.02. The minimum absolute atomic E-state index is 0.0783. The first-order valence-corrected chi connectivity index (χ1v) is 8.67. The van der Waals surface area contributed by atoms with Crippen molar-refractivity contribution in [2.24, 2.45) is 0 Å². The van der Waals surface area contributed by atoms with E-state index >= 15 is 0 Å². The molecule has 25 heavy (non-hydrogen) atoms. The standard InChI is InChI=1S/C18H24N4O3/c1-11(2)17-16(13(4)21-25-17)18(23)24-10-14-6-5-9-22(14)15-8-7-12(3)19-20-15/h7-8,11,14H,5-6,9-10H2,1-4H3/t14-/m0/s1. The van der Waals surface area contributed by atoms with Gasteiger partial charge in [0.15, 0.2) is 11.6 Å². The third-order valence-electron chi connectivity index (χ3n) is 4.48. The van der Waals surface area contributed by atoms with Gasteiger partial charge in [-0.2, -0.15) is 5.10 Å². The van der Waals surface area contributed by atoms with E-state index in [1.165, 1.54) is 0 Å². The molecule has 1 atom stereocenters. The lowest BCUT2D eigenvalue weighted by Crippen LogP contribution is -2.34. The van der Waals surface area contributed by atoms with Crippen molar-refractivity contribution in [2.75, 3.05) is 18.1 Å². The molecule has 7 nitrogen and oxygen atoms in total. The van der Waals surface area contributed by atoms with Crippen LogP contribution in [0.25, 0.3) is 0 Å². The van der Waals surface area contributed by atoms with Crippen LogP contribution in [0.4, 0.5) is 5.82 Å².